The Balaban J connectivity index is 2.48. The number of nitriles is 1. The summed E-state index contributed by atoms with van der Waals surface area (Å²) >= 11 is 0. The molecule has 0 saturated carbocycles. The Morgan fingerprint density at radius 3 is 2.63 bits per heavy atom. The first kappa shape index (κ1) is 12.3. The van der Waals surface area contributed by atoms with Gasteiger partial charge in [-0.3, -0.25) is 10.1 Å². The van der Waals surface area contributed by atoms with Crippen molar-refractivity contribution in [3.8, 4) is 17.2 Å². The molecule has 1 aromatic heterocycles. The molecular weight excluding hydrogens is 248 g/mol. The number of hydrogen-bond donors (Lipinski definition) is 1. The van der Waals surface area contributed by atoms with Gasteiger partial charge in [0.2, 0.25) is 5.88 Å². The van der Waals surface area contributed by atoms with Crippen LogP contribution in [-0.2, 0) is 0 Å². The summed E-state index contributed by atoms with van der Waals surface area (Å²) < 4.78 is 5.12. The molecule has 0 spiro atoms. The molecule has 7 nitrogen and oxygen atoms in total. The van der Waals surface area contributed by atoms with Gasteiger partial charge < -0.3 is 10.2 Å². The number of aliphatic imine (C=N–C) groups is 1. The molecule has 0 aliphatic carbocycles. The lowest BCUT2D eigenvalue weighted by Crippen LogP contribution is -1.88. The summed E-state index contributed by atoms with van der Waals surface area (Å²) in [5.41, 5.74) is 6.50. The Morgan fingerprint density at radius 2 is 2.11 bits per heavy atom. The van der Waals surface area contributed by atoms with E-state index in [0.29, 0.717) is 11.1 Å². The van der Waals surface area contributed by atoms with E-state index in [1.807, 2.05) is 6.07 Å². The highest BCUT2D eigenvalue weighted by Crippen LogP contribution is 2.33. The summed E-state index contributed by atoms with van der Waals surface area (Å²) in [4.78, 5) is 13.8. The van der Waals surface area contributed by atoms with Crippen molar-refractivity contribution in [1.29, 1.82) is 5.26 Å². The summed E-state index contributed by atoms with van der Waals surface area (Å²) in [7, 11) is 0. The number of nitro benzene ring substituents is 1. The predicted octanol–water partition coefficient (Wildman–Crippen LogP) is 2.34. The van der Waals surface area contributed by atoms with Crippen LogP contribution in [0.1, 0.15) is 5.56 Å². The molecule has 1 aromatic carbocycles. The molecule has 0 bridgehead atoms. The number of non-ortho nitro benzene ring substituents is 1. The molecule has 0 unspecified atom stereocenters. The Bertz CT molecular complexity index is 680. The van der Waals surface area contributed by atoms with E-state index in [4.69, 9.17) is 15.4 Å². The van der Waals surface area contributed by atoms with E-state index in [1.54, 1.807) is 12.1 Å². The number of rotatable bonds is 3. The number of furan rings is 1. The first-order chi connectivity index (χ1) is 9.17. The van der Waals surface area contributed by atoms with Crippen molar-refractivity contribution < 1.29 is 9.34 Å². The second-order valence-corrected chi connectivity index (χ2v) is 3.52. The Kier molecular flexibility index (Phi) is 3.25. The van der Waals surface area contributed by atoms with Crippen molar-refractivity contribution in [3.05, 3.63) is 46.2 Å². The van der Waals surface area contributed by atoms with Gasteiger partial charge in [0.25, 0.3) is 5.69 Å². The zero-order valence-corrected chi connectivity index (χ0v) is 9.61. The molecule has 0 radical (unpaired) electrons. The van der Waals surface area contributed by atoms with E-state index in [2.05, 4.69) is 4.99 Å². The molecule has 94 valence electrons. The zero-order valence-electron chi connectivity index (χ0n) is 9.61. The third kappa shape index (κ3) is 2.28. The Labute approximate surface area is 107 Å². The smallest absolute Gasteiger partial charge is 0.269 e. The molecule has 0 atom stereocenters. The largest absolute Gasteiger partial charge is 0.445 e. The number of nitrogens with zero attached hydrogens (tertiary/aromatic N) is 3. The average Bonchev–Trinajstić information content (AvgIpc) is 2.82. The van der Waals surface area contributed by atoms with Crippen molar-refractivity contribution in [1.82, 2.24) is 0 Å². The van der Waals surface area contributed by atoms with E-state index in [0.717, 1.165) is 6.34 Å². The molecule has 2 rings (SSSR count). The number of benzene rings is 1. The zero-order chi connectivity index (χ0) is 13.8. The molecule has 2 aromatic rings. The molecule has 1 heterocycles. The van der Waals surface area contributed by atoms with E-state index < -0.39 is 4.92 Å². The lowest BCUT2D eigenvalue weighted by atomic mass is 10.0. The minimum atomic E-state index is -0.492. The molecule has 0 fully saturated rings. The van der Waals surface area contributed by atoms with Crippen molar-refractivity contribution >= 4 is 17.9 Å². The topological polar surface area (TPSA) is 118 Å². The fraction of sp³-hybridized carbons (Fsp3) is 0. The first-order valence-corrected chi connectivity index (χ1v) is 5.18. The quantitative estimate of drug-likeness (QED) is 0.391. The summed E-state index contributed by atoms with van der Waals surface area (Å²) in [6.07, 6.45) is 2.39. The summed E-state index contributed by atoms with van der Waals surface area (Å²) in [6, 6.07) is 7.76. The van der Waals surface area contributed by atoms with Gasteiger partial charge in [0, 0.05) is 17.7 Å². The van der Waals surface area contributed by atoms with Gasteiger partial charge in [-0.15, -0.1) is 0 Å². The number of nitrogens with two attached hydrogens (primary N) is 1. The highest BCUT2D eigenvalue weighted by molar-refractivity contribution is 5.76. The van der Waals surface area contributed by atoms with Crippen LogP contribution in [0, 0.1) is 21.4 Å². The lowest BCUT2D eigenvalue weighted by molar-refractivity contribution is -0.384. The molecule has 0 saturated heterocycles. The average molecular weight is 256 g/mol. The molecule has 0 aliphatic heterocycles. The minimum Gasteiger partial charge on any atom is -0.445 e. The van der Waals surface area contributed by atoms with Crippen LogP contribution in [0.2, 0.25) is 0 Å². The van der Waals surface area contributed by atoms with Gasteiger partial charge in [0.1, 0.15) is 17.9 Å². The fourth-order valence-corrected chi connectivity index (χ4v) is 1.59. The summed E-state index contributed by atoms with van der Waals surface area (Å²) in [5, 5.41) is 19.6. The number of nitro groups is 1. The van der Waals surface area contributed by atoms with Gasteiger partial charge in [-0.2, -0.15) is 5.26 Å². The van der Waals surface area contributed by atoms with Gasteiger partial charge >= 0.3 is 0 Å². The summed E-state index contributed by atoms with van der Waals surface area (Å²) in [5.74, 6) is 0.110. The van der Waals surface area contributed by atoms with Crippen molar-refractivity contribution in [2.45, 2.75) is 0 Å². The van der Waals surface area contributed by atoms with Crippen LogP contribution in [0.15, 0.2) is 39.9 Å². The normalized spacial score (nSPS) is 10.5. The third-order valence-electron chi connectivity index (χ3n) is 2.46. The van der Waals surface area contributed by atoms with Gasteiger partial charge in [-0.05, 0) is 17.7 Å². The Morgan fingerprint density at radius 1 is 1.42 bits per heavy atom. The van der Waals surface area contributed by atoms with Crippen molar-refractivity contribution in [2.24, 2.45) is 10.7 Å². The van der Waals surface area contributed by atoms with Crippen LogP contribution in [0.4, 0.5) is 11.6 Å². The lowest BCUT2D eigenvalue weighted by Gasteiger charge is -1.97. The second kappa shape index (κ2) is 5.01. The van der Waals surface area contributed by atoms with E-state index in [-0.39, 0.29) is 17.1 Å². The molecule has 0 aliphatic rings. The molecule has 19 heavy (non-hydrogen) atoms. The van der Waals surface area contributed by atoms with Crippen LogP contribution >= 0.6 is 0 Å². The highest BCUT2D eigenvalue weighted by atomic mass is 16.6. The number of hydrogen-bond acceptors (Lipinski definition) is 5. The third-order valence-corrected chi connectivity index (χ3v) is 2.46. The summed E-state index contributed by atoms with van der Waals surface area (Å²) in [6.45, 7) is 0. The van der Waals surface area contributed by atoms with Crippen LogP contribution in [0.25, 0.3) is 11.1 Å². The standard InChI is InChI=1S/C12H8N4O3/c13-5-10-11(6-19-12(10)15-7-14)8-1-3-9(4-2-8)16(17)18/h1-4,6-7H,(H2,14,15). The fourth-order valence-electron chi connectivity index (χ4n) is 1.59. The van der Waals surface area contributed by atoms with Crippen LogP contribution in [0.3, 0.4) is 0 Å². The van der Waals surface area contributed by atoms with E-state index in [1.165, 1.54) is 18.4 Å². The maximum absolute atomic E-state index is 10.6. The maximum atomic E-state index is 10.6. The van der Waals surface area contributed by atoms with Gasteiger partial charge in [-0.1, -0.05) is 0 Å². The minimum absolute atomic E-state index is 0.0223. The van der Waals surface area contributed by atoms with Crippen LogP contribution in [-0.4, -0.2) is 11.3 Å². The monoisotopic (exact) mass is 256 g/mol. The van der Waals surface area contributed by atoms with Gasteiger partial charge in [0.05, 0.1) is 11.3 Å². The molecular formula is C12H8N4O3. The highest BCUT2D eigenvalue weighted by Gasteiger charge is 2.15. The Hall–Kier alpha value is -3.14. The molecule has 2 N–H and O–H groups in total. The van der Waals surface area contributed by atoms with Crippen LogP contribution < -0.4 is 5.73 Å². The molecule has 0 amide bonds. The predicted molar refractivity (Wildman–Crippen MR) is 67.9 cm³/mol. The van der Waals surface area contributed by atoms with Crippen LogP contribution in [0.5, 0.6) is 0 Å². The first-order valence-electron chi connectivity index (χ1n) is 5.18. The maximum Gasteiger partial charge on any atom is 0.269 e. The molecule has 7 heteroatoms. The van der Waals surface area contributed by atoms with E-state index in [9.17, 15) is 10.1 Å². The van der Waals surface area contributed by atoms with Gasteiger partial charge in [0.15, 0.2) is 0 Å². The van der Waals surface area contributed by atoms with Gasteiger partial charge in [-0.25, -0.2) is 4.99 Å². The second-order valence-electron chi connectivity index (χ2n) is 3.52. The SMILES string of the molecule is N#Cc1c(-c2ccc([N+](=O)[O-])cc2)coc1/N=C\N. The van der Waals surface area contributed by atoms with E-state index >= 15 is 0 Å². The van der Waals surface area contributed by atoms with Crippen molar-refractivity contribution in [2.75, 3.05) is 0 Å². The van der Waals surface area contributed by atoms with Crippen molar-refractivity contribution in [3.63, 3.8) is 0 Å².